The van der Waals surface area contributed by atoms with E-state index < -0.39 is 0 Å². The maximum Gasteiger partial charge on any atom is 0.0426 e. The van der Waals surface area contributed by atoms with Gasteiger partial charge in [0.15, 0.2) is 0 Å². The van der Waals surface area contributed by atoms with E-state index in [1.165, 1.54) is 0 Å². The smallest absolute Gasteiger partial charge is 0.0426 e. The van der Waals surface area contributed by atoms with Gasteiger partial charge in [-0.1, -0.05) is 56.8 Å². The van der Waals surface area contributed by atoms with Crippen molar-refractivity contribution in [2.24, 2.45) is 0 Å². The zero-order valence-corrected chi connectivity index (χ0v) is 12.5. The fourth-order valence-corrected chi connectivity index (χ4v) is 2.72. The van der Waals surface area contributed by atoms with E-state index in [1.807, 2.05) is 24.3 Å². The van der Waals surface area contributed by atoms with Crippen molar-refractivity contribution in [3.8, 4) is 11.1 Å². The van der Waals surface area contributed by atoms with E-state index in [0.717, 1.165) is 22.0 Å². The molecular weight excluding hydrogens is 342 g/mol. The molecule has 0 fully saturated rings. The predicted molar refractivity (Wildman–Crippen MR) is 79.5 cm³/mol. The van der Waals surface area contributed by atoms with Crippen LogP contribution in [0.1, 0.15) is 5.56 Å². The van der Waals surface area contributed by atoms with Gasteiger partial charge in [-0.15, -0.1) is 0 Å². The Morgan fingerprint density at radius 1 is 0.706 bits per heavy atom. The number of hydrogen-bond donors (Lipinski definition) is 0. The third kappa shape index (κ3) is 3.38. The van der Waals surface area contributed by atoms with E-state index >= 15 is 0 Å². The van der Waals surface area contributed by atoms with Crippen molar-refractivity contribution in [2.45, 2.75) is 5.33 Å². The van der Waals surface area contributed by atoms with Crippen molar-refractivity contribution >= 4 is 50.7 Å². The van der Waals surface area contributed by atoms with Crippen molar-refractivity contribution in [1.82, 2.24) is 0 Å². The summed E-state index contributed by atoms with van der Waals surface area (Å²) in [5, 5.41) is 2.70. The summed E-state index contributed by atoms with van der Waals surface area (Å²) in [6.45, 7) is 0. The van der Waals surface area contributed by atoms with Crippen molar-refractivity contribution in [1.29, 1.82) is 0 Å². The van der Waals surface area contributed by atoms with Gasteiger partial charge in [0.2, 0.25) is 0 Å². The third-order valence-electron chi connectivity index (χ3n) is 2.31. The second-order valence-corrected chi connectivity index (χ2v) is 5.51. The minimum Gasteiger partial charge on any atom is -0.0876 e. The summed E-state index contributed by atoms with van der Waals surface area (Å²) in [6, 6.07) is 11.3. The lowest BCUT2D eigenvalue weighted by Crippen LogP contribution is -1.83. The molecule has 0 spiro atoms. The second kappa shape index (κ2) is 5.62. The Balaban J connectivity index is 2.55. The largest absolute Gasteiger partial charge is 0.0876 e. The Morgan fingerprint density at radius 2 is 1.18 bits per heavy atom. The molecule has 2 aromatic rings. The lowest BCUT2D eigenvalue weighted by Gasteiger charge is -2.06. The van der Waals surface area contributed by atoms with Gasteiger partial charge in [-0.25, -0.2) is 0 Å². The summed E-state index contributed by atoms with van der Waals surface area (Å²) in [6.07, 6.45) is 0. The Kier molecular flexibility index (Phi) is 4.37. The van der Waals surface area contributed by atoms with Crippen molar-refractivity contribution in [2.75, 3.05) is 0 Å². The molecule has 17 heavy (non-hydrogen) atoms. The number of hydrogen-bond acceptors (Lipinski definition) is 0. The molecule has 0 amide bonds. The first-order chi connectivity index (χ1) is 8.08. The predicted octanol–water partition coefficient (Wildman–Crippen LogP) is 6.21. The summed E-state index contributed by atoms with van der Waals surface area (Å²) in [7, 11) is 0. The van der Waals surface area contributed by atoms with Crippen molar-refractivity contribution < 1.29 is 0 Å². The molecule has 0 aliphatic heterocycles. The highest BCUT2D eigenvalue weighted by Crippen LogP contribution is 2.30. The SMILES string of the molecule is Clc1cc(Cl)cc(-c2cc(Cl)cc(CBr)c2)c1. The van der Waals surface area contributed by atoms with Crippen LogP contribution in [0.4, 0.5) is 0 Å². The molecule has 0 nitrogen and oxygen atoms in total. The number of rotatable bonds is 2. The van der Waals surface area contributed by atoms with Gasteiger partial charge in [0, 0.05) is 20.4 Å². The maximum absolute atomic E-state index is 6.07. The fraction of sp³-hybridized carbons (Fsp3) is 0.0769. The molecule has 0 saturated carbocycles. The van der Waals surface area contributed by atoms with Gasteiger partial charge < -0.3 is 0 Å². The molecule has 0 aromatic heterocycles. The van der Waals surface area contributed by atoms with Gasteiger partial charge in [-0.05, 0) is 47.0 Å². The van der Waals surface area contributed by atoms with E-state index in [0.29, 0.717) is 15.1 Å². The minimum atomic E-state index is 0.618. The van der Waals surface area contributed by atoms with Crippen LogP contribution in [0.15, 0.2) is 36.4 Å². The van der Waals surface area contributed by atoms with E-state index in [9.17, 15) is 0 Å². The highest BCUT2D eigenvalue weighted by molar-refractivity contribution is 9.08. The Hall–Kier alpha value is -0.210. The summed E-state index contributed by atoms with van der Waals surface area (Å²) in [5.41, 5.74) is 3.09. The van der Waals surface area contributed by atoms with Crippen molar-refractivity contribution in [3.05, 3.63) is 57.0 Å². The zero-order valence-electron chi connectivity index (χ0n) is 8.68. The van der Waals surface area contributed by atoms with Crippen LogP contribution in [0.5, 0.6) is 0 Å². The molecule has 0 saturated heterocycles. The summed E-state index contributed by atoms with van der Waals surface area (Å²) < 4.78 is 0. The highest BCUT2D eigenvalue weighted by Gasteiger charge is 2.04. The molecule has 0 bridgehead atoms. The number of alkyl halides is 1. The van der Waals surface area contributed by atoms with Crippen LogP contribution in [0, 0.1) is 0 Å². The van der Waals surface area contributed by atoms with Gasteiger partial charge in [-0.2, -0.15) is 0 Å². The lowest BCUT2D eigenvalue weighted by atomic mass is 10.0. The average molecular weight is 350 g/mol. The molecule has 0 aliphatic carbocycles. The second-order valence-electron chi connectivity index (χ2n) is 3.64. The van der Waals surface area contributed by atoms with Crippen LogP contribution in [0.25, 0.3) is 11.1 Å². The standard InChI is InChI=1S/C13H8BrCl3/c14-7-8-1-9(3-11(15)2-8)10-4-12(16)6-13(17)5-10/h1-6H,7H2. The molecule has 88 valence electrons. The molecule has 0 heterocycles. The summed E-state index contributed by atoms with van der Waals surface area (Å²) >= 11 is 21.5. The molecule has 2 aromatic carbocycles. The minimum absolute atomic E-state index is 0.618. The van der Waals surface area contributed by atoms with Gasteiger partial charge in [0.1, 0.15) is 0 Å². The molecular formula is C13H8BrCl3. The van der Waals surface area contributed by atoms with E-state index in [-0.39, 0.29) is 0 Å². The third-order valence-corrected chi connectivity index (χ3v) is 3.61. The van der Waals surface area contributed by atoms with E-state index in [1.54, 1.807) is 6.07 Å². The quantitative estimate of drug-likeness (QED) is 0.565. The van der Waals surface area contributed by atoms with Gasteiger partial charge >= 0.3 is 0 Å². The zero-order chi connectivity index (χ0) is 12.4. The normalized spacial score (nSPS) is 10.6. The number of benzene rings is 2. The van der Waals surface area contributed by atoms with Crippen LogP contribution in [0.2, 0.25) is 15.1 Å². The van der Waals surface area contributed by atoms with Crippen LogP contribution in [-0.2, 0) is 5.33 Å². The first-order valence-electron chi connectivity index (χ1n) is 4.90. The Bertz CT molecular complexity index is 532. The van der Waals surface area contributed by atoms with E-state index in [2.05, 4.69) is 22.0 Å². The van der Waals surface area contributed by atoms with Gasteiger partial charge in [0.25, 0.3) is 0 Å². The summed E-state index contributed by atoms with van der Waals surface area (Å²) in [5.74, 6) is 0. The van der Waals surface area contributed by atoms with Crippen molar-refractivity contribution in [3.63, 3.8) is 0 Å². The van der Waals surface area contributed by atoms with Crippen LogP contribution in [0.3, 0.4) is 0 Å². The molecule has 2 rings (SSSR count). The molecule has 0 aliphatic rings. The van der Waals surface area contributed by atoms with Gasteiger partial charge in [-0.3, -0.25) is 0 Å². The van der Waals surface area contributed by atoms with E-state index in [4.69, 9.17) is 34.8 Å². The fourth-order valence-electron chi connectivity index (χ4n) is 1.61. The van der Waals surface area contributed by atoms with Crippen LogP contribution >= 0.6 is 50.7 Å². The first kappa shape index (κ1) is 13.2. The lowest BCUT2D eigenvalue weighted by molar-refractivity contribution is 1.43. The van der Waals surface area contributed by atoms with Gasteiger partial charge in [0.05, 0.1) is 0 Å². The maximum atomic E-state index is 6.07. The van der Waals surface area contributed by atoms with Crippen LogP contribution in [-0.4, -0.2) is 0 Å². The number of halogens is 4. The Morgan fingerprint density at radius 3 is 1.71 bits per heavy atom. The van der Waals surface area contributed by atoms with Crippen LogP contribution < -0.4 is 0 Å². The first-order valence-corrected chi connectivity index (χ1v) is 7.16. The topological polar surface area (TPSA) is 0 Å². The average Bonchev–Trinajstić information content (AvgIpc) is 2.26. The highest BCUT2D eigenvalue weighted by atomic mass is 79.9. The molecule has 0 atom stereocenters. The summed E-state index contributed by atoms with van der Waals surface area (Å²) in [4.78, 5) is 0. The molecule has 0 unspecified atom stereocenters. The Labute approximate surface area is 124 Å². The molecule has 0 N–H and O–H groups in total. The molecule has 0 radical (unpaired) electrons. The molecule has 4 heteroatoms. The monoisotopic (exact) mass is 348 g/mol.